The molecule has 9 rings (SSSR count). The van der Waals surface area contributed by atoms with Crippen molar-refractivity contribution in [3.63, 3.8) is 0 Å². The van der Waals surface area contributed by atoms with Gasteiger partial charge in [-0.05, 0) is 182 Å². The van der Waals surface area contributed by atoms with Crippen molar-refractivity contribution in [1.29, 1.82) is 0 Å². The van der Waals surface area contributed by atoms with Crippen LogP contribution in [0.15, 0.2) is 218 Å². The van der Waals surface area contributed by atoms with Gasteiger partial charge in [0.15, 0.2) is 0 Å². The third-order valence-corrected chi connectivity index (χ3v) is 17.7. The fourth-order valence-electron chi connectivity index (χ4n) is 10.4. The SMILES string of the molecule is CB(O)c1ccc(C(C)(C)C)cc1.CB(O)c1ccc(C(C)C)cc1.CB(O)c1ccc(CC(C)C)cc1.CCCCc1ccc(B(C)O)cc1.CCCOc1ccc(B(C)O)cc1.CCCc1ccc(B(C)O)cc1.CCOc1ccc(B(C)O)cc1.CCc1ccc(B(C)O)cc1.COc1ccc(B(C)O)cc1. The quantitative estimate of drug-likeness (QED) is 0.0259. The highest BCUT2D eigenvalue weighted by molar-refractivity contribution is 6.67. The molecule has 0 radical (unpaired) electrons. The molecule has 0 aliphatic carbocycles. The lowest BCUT2D eigenvalue weighted by atomic mass is 9.64. The first-order valence-corrected chi connectivity index (χ1v) is 39.8. The smallest absolute Gasteiger partial charge is 0.320 e. The first-order valence-electron chi connectivity index (χ1n) is 39.8. The van der Waals surface area contributed by atoms with Crippen molar-refractivity contribution in [2.24, 2.45) is 5.92 Å². The Bertz CT molecular complexity index is 3520. The van der Waals surface area contributed by atoms with Crippen molar-refractivity contribution >= 4 is 111 Å². The summed E-state index contributed by atoms with van der Waals surface area (Å²) in [5.74, 6) is 3.79. The van der Waals surface area contributed by atoms with E-state index in [1.807, 2.05) is 153 Å². The Hall–Kier alpha value is -7.40. The number of aryl methyl sites for hydroxylation is 3. The largest absolute Gasteiger partial charge is 0.497 e. The highest BCUT2D eigenvalue weighted by atomic mass is 16.5. The lowest BCUT2D eigenvalue weighted by Gasteiger charge is -2.19. The van der Waals surface area contributed by atoms with Crippen LogP contribution in [0, 0.1) is 5.92 Å². The summed E-state index contributed by atoms with van der Waals surface area (Å²) < 4.78 is 15.6. The summed E-state index contributed by atoms with van der Waals surface area (Å²) in [6.45, 7) is 39.9. The highest BCUT2D eigenvalue weighted by Crippen LogP contribution is 2.21. The van der Waals surface area contributed by atoms with Crippen molar-refractivity contribution in [1.82, 2.24) is 0 Å². The topological polar surface area (TPSA) is 210 Å². The zero-order valence-corrected chi connectivity index (χ0v) is 71.0. The van der Waals surface area contributed by atoms with Crippen molar-refractivity contribution in [3.8, 4) is 17.2 Å². The zero-order chi connectivity index (χ0) is 82.9. The molecule has 588 valence electrons. The van der Waals surface area contributed by atoms with Gasteiger partial charge in [0, 0.05) is 0 Å². The van der Waals surface area contributed by atoms with E-state index in [2.05, 4.69) is 149 Å². The van der Waals surface area contributed by atoms with E-state index < -0.39 is 20.7 Å². The van der Waals surface area contributed by atoms with Gasteiger partial charge < -0.3 is 59.4 Å². The van der Waals surface area contributed by atoms with Gasteiger partial charge >= 0.3 is 62.2 Å². The minimum atomic E-state index is -0.403. The van der Waals surface area contributed by atoms with Crippen molar-refractivity contribution in [2.75, 3.05) is 20.3 Å². The van der Waals surface area contributed by atoms with Gasteiger partial charge in [-0.2, -0.15) is 0 Å². The standard InChI is InChI=1S/3C11H17BO.C10H15BO2.2C10H15BO.C9H13BO2.C9H13BO.C8H11BO2/c1-11(2,3)9-5-7-10(8-6-9)12(4)13;1-9(2)8-10-4-6-11(7-5-10)12(3)13;1-3-4-5-10-6-8-11(9-7-10)12(2)13;1-3-8-13-10-6-4-9(5-7-10)11(2)12;1-8(2)9-4-6-10(7-5-9)11(3)12;1-3-4-9-5-7-10(8-6-9)11(2)12;1-3-12-9-6-4-8(5-7-9)10(2)11;1-3-8-4-6-9(7-5-8)10(2)11;1-9(10)7-3-5-8(11-2)6-4-7/h5-8,13H,1-4H3;4-7,9,13H,8H2,1-3H3;6-9,13H,3-5H2,1-2H3;4-7,12H,3,8H2,1-2H3;4-8,12H,1-3H3;5-8,12H,3-4H2,1-2H3;4-7,11H,3H2,1-2H3;4-7,11H,3H2,1-2H3;3-6,10H,1-2H3. The van der Waals surface area contributed by atoms with Crippen LogP contribution in [-0.2, 0) is 31.1 Å². The van der Waals surface area contributed by atoms with Crippen LogP contribution >= 0.6 is 0 Å². The molecular weight excluding hydrogens is 1360 g/mol. The Labute approximate surface area is 669 Å². The van der Waals surface area contributed by atoms with E-state index in [1.54, 1.807) is 68.5 Å². The minimum absolute atomic E-state index is 0.192. The second-order valence-electron chi connectivity index (χ2n) is 29.7. The summed E-state index contributed by atoms with van der Waals surface area (Å²) in [7, 11) is 1.62. The van der Waals surface area contributed by atoms with Gasteiger partial charge in [-0.15, -0.1) is 0 Å². The monoisotopic (exact) mass is 1490 g/mol. The molecule has 0 spiro atoms. The van der Waals surface area contributed by atoms with Crippen LogP contribution in [0.5, 0.6) is 17.2 Å². The Morgan fingerprint density at radius 1 is 0.309 bits per heavy atom. The predicted octanol–water partition coefficient (Wildman–Crippen LogP) is 12.2. The average Bonchev–Trinajstić information content (AvgIpc) is 0.851. The lowest BCUT2D eigenvalue weighted by molar-refractivity contribution is 0.317. The van der Waals surface area contributed by atoms with Crippen LogP contribution in [0.3, 0.4) is 0 Å². The summed E-state index contributed by atoms with van der Waals surface area (Å²) >= 11 is 0. The van der Waals surface area contributed by atoms with Crippen LogP contribution in [0.4, 0.5) is 0 Å². The van der Waals surface area contributed by atoms with Gasteiger partial charge in [-0.25, -0.2) is 0 Å². The van der Waals surface area contributed by atoms with Gasteiger partial charge in [-0.1, -0.05) is 332 Å². The molecule has 0 aliphatic heterocycles. The van der Waals surface area contributed by atoms with Crippen molar-refractivity contribution in [2.45, 2.75) is 207 Å². The Kier molecular flexibility index (Phi) is 51.9. The second kappa shape index (κ2) is 56.8. The number of unbranched alkanes of at least 4 members (excludes halogenated alkanes) is 1. The molecule has 9 N–H and O–H groups in total. The zero-order valence-electron chi connectivity index (χ0n) is 71.0. The third-order valence-electron chi connectivity index (χ3n) is 17.7. The van der Waals surface area contributed by atoms with Gasteiger partial charge in [0.2, 0.25) is 0 Å². The molecule has 0 amide bonds. The van der Waals surface area contributed by atoms with E-state index in [0.29, 0.717) is 18.4 Å². The number of methoxy groups -OCH3 is 1. The highest BCUT2D eigenvalue weighted by Gasteiger charge is 2.16. The number of ether oxygens (including phenoxy) is 3. The van der Waals surface area contributed by atoms with Crippen LogP contribution in [0.1, 0.15) is 148 Å². The van der Waals surface area contributed by atoms with E-state index in [1.165, 1.54) is 52.6 Å². The summed E-state index contributed by atoms with van der Waals surface area (Å²) in [6.07, 6.45) is 9.11. The summed E-state index contributed by atoms with van der Waals surface area (Å²) in [6, 6.07) is 71.3. The number of hydrogen-bond acceptors (Lipinski definition) is 12. The van der Waals surface area contributed by atoms with Crippen LogP contribution in [0.25, 0.3) is 0 Å². The minimum Gasteiger partial charge on any atom is -0.497 e. The molecule has 21 heteroatoms. The molecule has 110 heavy (non-hydrogen) atoms. The maximum absolute atomic E-state index is 9.32. The van der Waals surface area contributed by atoms with E-state index in [0.717, 1.165) is 105 Å². The Morgan fingerprint density at radius 3 is 0.836 bits per heavy atom. The van der Waals surface area contributed by atoms with E-state index in [9.17, 15) is 40.2 Å². The van der Waals surface area contributed by atoms with Gasteiger partial charge in [0.1, 0.15) is 17.2 Å². The number of hydrogen-bond donors (Lipinski definition) is 9. The van der Waals surface area contributed by atoms with Crippen LogP contribution in [0.2, 0.25) is 61.4 Å². The van der Waals surface area contributed by atoms with E-state index in [-0.39, 0.29) is 46.9 Å². The molecule has 12 nitrogen and oxygen atoms in total. The maximum atomic E-state index is 9.32. The molecule has 0 fully saturated rings. The Morgan fingerprint density at radius 2 is 0.582 bits per heavy atom. The lowest BCUT2D eigenvalue weighted by Crippen LogP contribution is -2.26. The normalized spacial score (nSPS) is 10.1. The average molecular weight is 1490 g/mol. The predicted molar refractivity (Wildman–Crippen MR) is 486 cm³/mol. The van der Waals surface area contributed by atoms with Crippen molar-refractivity contribution < 1.29 is 59.4 Å². The molecule has 0 saturated heterocycles. The molecule has 0 aliphatic rings. The molecule has 0 atom stereocenters. The van der Waals surface area contributed by atoms with Crippen LogP contribution < -0.4 is 63.4 Å². The molecule has 0 heterocycles. The Balaban J connectivity index is 0.000000619. The maximum Gasteiger partial charge on any atom is 0.320 e. The molecule has 9 aromatic rings. The molecular formula is C89H133B9O12. The summed E-state index contributed by atoms with van der Waals surface area (Å²) in [4.78, 5) is 0. The second-order valence-corrected chi connectivity index (χ2v) is 29.7. The van der Waals surface area contributed by atoms with E-state index >= 15 is 0 Å². The molecule has 0 bridgehead atoms. The van der Waals surface area contributed by atoms with Crippen LogP contribution in [-0.4, -0.2) is 128 Å². The van der Waals surface area contributed by atoms with E-state index in [4.69, 9.17) is 19.2 Å². The number of benzene rings is 9. The molecule has 0 unspecified atom stereocenters. The first-order chi connectivity index (χ1) is 52.0. The first kappa shape index (κ1) is 101. The summed E-state index contributed by atoms with van der Waals surface area (Å²) in [5.41, 5.74) is 16.9. The molecule has 9 aromatic carbocycles. The third kappa shape index (κ3) is 44.0. The molecule has 0 aromatic heterocycles. The fourth-order valence-corrected chi connectivity index (χ4v) is 10.4. The van der Waals surface area contributed by atoms with Gasteiger partial charge in [0.25, 0.3) is 0 Å². The number of rotatable bonds is 24. The summed E-state index contributed by atoms with van der Waals surface area (Å²) in [5, 5.41) is 83.2. The van der Waals surface area contributed by atoms with Crippen molar-refractivity contribution in [3.05, 3.63) is 252 Å². The van der Waals surface area contributed by atoms with Gasteiger partial charge in [-0.3, -0.25) is 0 Å². The molecule has 0 saturated carbocycles. The fraction of sp³-hybridized carbons (Fsp3) is 0.393. The van der Waals surface area contributed by atoms with Gasteiger partial charge in [0.05, 0.1) is 20.3 Å².